The summed E-state index contributed by atoms with van der Waals surface area (Å²) in [5.74, 6) is 0.655. The normalized spacial score (nSPS) is 22.1. The molecule has 1 aliphatic heterocycles. The molecule has 0 unspecified atom stereocenters. The Kier molecular flexibility index (Phi) is 3.87. The number of methoxy groups -OCH3 is 1. The van der Waals surface area contributed by atoms with E-state index < -0.39 is 6.10 Å². The number of amides is 1. The molecule has 0 aromatic heterocycles. The number of piperidine rings is 1. The van der Waals surface area contributed by atoms with Crippen molar-refractivity contribution in [2.24, 2.45) is 0 Å². The minimum atomic E-state index is -0.590. The third-order valence-electron chi connectivity index (χ3n) is 3.84. The fourth-order valence-corrected chi connectivity index (χ4v) is 3.31. The lowest BCUT2D eigenvalue weighted by Crippen LogP contribution is -2.39. The number of carbonyl (C=O) groups is 1. The van der Waals surface area contributed by atoms with Crippen molar-refractivity contribution in [1.82, 2.24) is 5.32 Å². The summed E-state index contributed by atoms with van der Waals surface area (Å²) in [4.78, 5) is 11.7. The predicted octanol–water partition coefficient (Wildman–Crippen LogP) is 2.92. The molecule has 0 saturated carbocycles. The summed E-state index contributed by atoms with van der Waals surface area (Å²) in [7, 11) is 1.63. The molecule has 1 amide bonds. The molecule has 0 aliphatic carbocycles. The van der Waals surface area contributed by atoms with E-state index in [9.17, 15) is 9.90 Å². The van der Waals surface area contributed by atoms with Gasteiger partial charge in [-0.2, -0.15) is 0 Å². The maximum atomic E-state index is 11.7. The molecule has 5 heteroatoms. The van der Waals surface area contributed by atoms with Gasteiger partial charge < -0.3 is 15.2 Å². The Morgan fingerprint density at radius 1 is 1.29 bits per heavy atom. The van der Waals surface area contributed by atoms with Crippen LogP contribution in [0.3, 0.4) is 0 Å². The largest absolute Gasteiger partial charge is 0.497 e. The van der Waals surface area contributed by atoms with Crippen molar-refractivity contribution >= 4 is 32.6 Å². The summed E-state index contributed by atoms with van der Waals surface area (Å²) in [5.41, 5.74) is 0.999. The van der Waals surface area contributed by atoms with Gasteiger partial charge in [-0.1, -0.05) is 22.0 Å². The highest BCUT2D eigenvalue weighted by Gasteiger charge is 2.27. The summed E-state index contributed by atoms with van der Waals surface area (Å²) in [5, 5.41) is 14.9. The van der Waals surface area contributed by atoms with Crippen molar-refractivity contribution in [2.75, 3.05) is 7.11 Å². The topological polar surface area (TPSA) is 58.6 Å². The van der Waals surface area contributed by atoms with Gasteiger partial charge in [-0.3, -0.25) is 4.79 Å². The number of aliphatic hydroxyl groups is 1. The van der Waals surface area contributed by atoms with E-state index in [1.807, 2.05) is 30.3 Å². The first kappa shape index (κ1) is 14.4. The number of fused-ring (bicyclic) bond motifs is 1. The summed E-state index contributed by atoms with van der Waals surface area (Å²) in [6.45, 7) is 0. The number of carbonyl (C=O) groups excluding carboxylic acids is 1. The summed E-state index contributed by atoms with van der Waals surface area (Å²) >= 11 is 3.55. The summed E-state index contributed by atoms with van der Waals surface area (Å²) in [6.07, 6.45) is 0.113. The van der Waals surface area contributed by atoms with Gasteiger partial charge in [-0.25, -0.2) is 0 Å². The number of ether oxygens (including phenoxy) is 1. The van der Waals surface area contributed by atoms with Crippen LogP contribution >= 0.6 is 15.9 Å². The van der Waals surface area contributed by atoms with E-state index in [-0.39, 0.29) is 18.4 Å². The molecule has 21 heavy (non-hydrogen) atoms. The molecule has 0 bridgehead atoms. The molecular weight excluding hydrogens is 334 g/mol. The van der Waals surface area contributed by atoms with Crippen LogP contribution in [0.1, 0.15) is 24.4 Å². The molecule has 2 aromatic rings. The zero-order valence-corrected chi connectivity index (χ0v) is 13.2. The second-order valence-electron chi connectivity index (χ2n) is 5.26. The fourth-order valence-electron chi connectivity index (χ4n) is 2.83. The highest BCUT2D eigenvalue weighted by atomic mass is 79.9. The third kappa shape index (κ3) is 2.76. The zero-order chi connectivity index (χ0) is 15.0. The van der Waals surface area contributed by atoms with Gasteiger partial charge in [0.25, 0.3) is 0 Å². The van der Waals surface area contributed by atoms with Crippen LogP contribution in [0.25, 0.3) is 10.8 Å². The van der Waals surface area contributed by atoms with Crippen LogP contribution in [0, 0.1) is 0 Å². The lowest BCUT2D eigenvalue weighted by atomic mass is 9.91. The first-order chi connectivity index (χ1) is 10.1. The maximum absolute atomic E-state index is 11.7. The second kappa shape index (κ2) is 5.66. The molecule has 4 nitrogen and oxygen atoms in total. The van der Waals surface area contributed by atoms with Gasteiger partial charge in [0.1, 0.15) is 5.75 Å². The Bertz CT molecular complexity index is 701. The molecule has 2 atom stereocenters. The molecule has 1 heterocycles. The van der Waals surface area contributed by atoms with Crippen LogP contribution in [0.5, 0.6) is 5.75 Å². The van der Waals surface area contributed by atoms with Crippen LogP contribution in [0.15, 0.2) is 34.8 Å². The minimum absolute atomic E-state index is 0.113. The van der Waals surface area contributed by atoms with E-state index in [0.717, 1.165) is 26.6 Å². The lowest BCUT2D eigenvalue weighted by molar-refractivity contribution is -0.126. The minimum Gasteiger partial charge on any atom is -0.497 e. The molecule has 0 spiro atoms. The molecule has 0 radical (unpaired) electrons. The smallest absolute Gasteiger partial charge is 0.223 e. The number of benzene rings is 2. The van der Waals surface area contributed by atoms with E-state index in [1.54, 1.807) is 7.11 Å². The maximum Gasteiger partial charge on any atom is 0.223 e. The molecule has 2 N–H and O–H groups in total. The highest BCUT2D eigenvalue weighted by Crippen LogP contribution is 2.35. The third-order valence-corrected chi connectivity index (χ3v) is 4.54. The Morgan fingerprint density at radius 3 is 2.81 bits per heavy atom. The summed E-state index contributed by atoms with van der Waals surface area (Å²) < 4.78 is 6.29. The van der Waals surface area contributed by atoms with Gasteiger partial charge in [-0.15, -0.1) is 0 Å². The van der Waals surface area contributed by atoms with E-state index in [2.05, 4.69) is 21.2 Å². The summed E-state index contributed by atoms with van der Waals surface area (Å²) in [6, 6.07) is 9.63. The number of rotatable bonds is 2. The van der Waals surface area contributed by atoms with Crippen LogP contribution in [0.4, 0.5) is 0 Å². The van der Waals surface area contributed by atoms with Gasteiger partial charge in [0.05, 0.1) is 25.7 Å². The van der Waals surface area contributed by atoms with Crippen LogP contribution < -0.4 is 10.1 Å². The number of hydrogen-bond acceptors (Lipinski definition) is 3. The van der Waals surface area contributed by atoms with Gasteiger partial charge in [0.2, 0.25) is 5.91 Å². The second-order valence-corrected chi connectivity index (χ2v) is 6.12. The van der Waals surface area contributed by atoms with Crippen molar-refractivity contribution in [3.8, 4) is 5.75 Å². The molecule has 1 fully saturated rings. The number of halogens is 1. The van der Waals surface area contributed by atoms with Crippen molar-refractivity contribution < 1.29 is 14.6 Å². The SMILES string of the molecule is COc1ccc2c(Br)ccc([C@@H]3C[C@@H](O)CC(=O)N3)c2c1. The van der Waals surface area contributed by atoms with Gasteiger partial charge >= 0.3 is 0 Å². The van der Waals surface area contributed by atoms with Gasteiger partial charge in [-0.05, 0) is 47.0 Å². The Labute approximate surface area is 131 Å². The average molecular weight is 350 g/mol. The van der Waals surface area contributed by atoms with Gasteiger partial charge in [0, 0.05) is 4.47 Å². The monoisotopic (exact) mass is 349 g/mol. The fraction of sp³-hybridized carbons (Fsp3) is 0.312. The van der Waals surface area contributed by atoms with E-state index >= 15 is 0 Å². The Hall–Kier alpha value is -1.59. The zero-order valence-electron chi connectivity index (χ0n) is 11.6. The van der Waals surface area contributed by atoms with E-state index in [4.69, 9.17) is 4.74 Å². The van der Waals surface area contributed by atoms with Gasteiger partial charge in [0.15, 0.2) is 0 Å². The molecule has 1 saturated heterocycles. The number of hydrogen-bond donors (Lipinski definition) is 2. The predicted molar refractivity (Wildman–Crippen MR) is 84.3 cm³/mol. The molecule has 2 aromatic carbocycles. The van der Waals surface area contributed by atoms with Crippen LogP contribution in [-0.2, 0) is 4.79 Å². The van der Waals surface area contributed by atoms with Crippen molar-refractivity contribution in [3.63, 3.8) is 0 Å². The number of nitrogens with one attached hydrogen (secondary N) is 1. The quantitative estimate of drug-likeness (QED) is 0.876. The molecule has 3 rings (SSSR count). The van der Waals surface area contributed by atoms with Crippen LogP contribution in [-0.4, -0.2) is 24.2 Å². The first-order valence-corrected chi connectivity index (χ1v) is 7.61. The first-order valence-electron chi connectivity index (χ1n) is 6.82. The average Bonchev–Trinajstić information content (AvgIpc) is 2.46. The molecule has 1 aliphatic rings. The standard InChI is InChI=1S/C16H16BrNO3/c1-21-10-2-3-11-13(8-10)12(4-5-14(11)17)15-6-9(19)7-16(20)18-15/h2-5,8-9,15,19H,6-7H2,1H3,(H,18,20)/t9-,15+/m1/s1. The van der Waals surface area contributed by atoms with Crippen molar-refractivity contribution in [2.45, 2.75) is 25.0 Å². The Balaban J connectivity index is 2.13. The molecular formula is C16H16BrNO3. The van der Waals surface area contributed by atoms with Crippen molar-refractivity contribution in [1.29, 1.82) is 0 Å². The van der Waals surface area contributed by atoms with Crippen LogP contribution in [0.2, 0.25) is 0 Å². The lowest BCUT2D eigenvalue weighted by Gasteiger charge is -2.28. The molecule has 110 valence electrons. The van der Waals surface area contributed by atoms with E-state index in [1.165, 1.54) is 0 Å². The van der Waals surface area contributed by atoms with Crippen molar-refractivity contribution in [3.05, 3.63) is 40.4 Å². The van der Waals surface area contributed by atoms with E-state index in [0.29, 0.717) is 6.42 Å². The number of aliphatic hydroxyl groups excluding tert-OH is 1. The Morgan fingerprint density at radius 2 is 2.10 bits per heavy atom. The highest BCUT2D eigenvalue weighted by molar-refractivity contribution is 9.10.